The highest BCUT2D eigenvalue weighted by atomic mass is 16.4. The van der Waals surface area contributed by atoms with Crippen LogP contribution < -0.4 is 0 Å². The summed E-state index contributed by atoms with van der Waals surface area (Å²) in [5.74, 6) is -0.854. The number of urea groups is 1. The minimum Gasteiger partial charge on any atom is -0.479 e. The van der Waals surface area contributed by atoms with Gasteiger partial charge in [0.2, 0.25) is 0 Å². The molecular weight excluding hydrogens is 268 g/mol. The van der Waals surface area contributed by atoms with Gasteiger partial charge in [0, 0.05) is 19.6 Å². The van der Waals surface area contributed by atoms with Crippen molar-refractivity contribution in [2.24, 2.45) is 5.41 Å². The Balaban J connectivity index is 2.15. The van der Waals surface area contributed by atoms with Crippen molar-refractivity contribution >= 4 is 12.0 Å². The standard InChI is InChI=1S/C16H28N2O3/c1-4-15(5-2)9-11-17(12-15)14(21)18-10-7-8-16(18,6-3)13(19)20/h4-12H2,1-3H3,(H,19,20). The van der Waals surface area contributed by atoms with Gasteiger partial charge in [-0.05, 0) is 43.9 Å². The Bertz CT molecular complexity index is 420. The summed E-state index contributed by atoms with van der Waals surface area (Å²) in [5, 5.41) is 9.61. The van der Waals surface area contributed by atoms with Crippen molar-refractivity contribution in [1.29, 1.82) is 0 Å². The van der Waals surface area contributed by atoms with Crippen LogP contribution in [0.3, 0.4) is 0 Å². The molecule has 0 aliphatic carbocycles. The first-order valence-electron chi connectivity index (χ1n) is 8.24. The zero-order chi connectivity index (χ0) is 15.7. The van der Waals surface area contributed by atoms with Gasteiger partial charge in [-0.2, -0.15) is 0 Å². The molecule has 0 spiro atoms. The smallest absolute Gasteiger partial charge is 0.329 e. The lowest BCUT2D eigenvalue weighted by Gasteiger charge is -2.37. The number of hydrogen-bond acceptors (Lipinski definition) is 2. The summed E-state index contributed by atoms with van der Waals surface area (Å²) in [5.41, 5.74) is -0.756. The molecule has 120 valence electrons. The molecule has 1 unspecified atom stereocenters. The lowest BCUT2D eigenvalue weighted by molar-refractivity contribution is -0.148. The van der Waals surface area contributed by atoms with Gasteiger partial charge in [0.25, 0.3) is 0 Å². The second kappa shape index (κ2) is 5.85. The van der Waals surface area contributed by atoms with Gasteiger partial charge < -0.3 is 14.9 Å². The van der Waals surface area contributed by atoms with Gasteiger partial charge in [-0.25, -0.2) is 9.59 Å². The minimum absolute atomic E-state index is 0.0690. The monoisotopic (exact) mass is 296 g/mol. The van der Waals surface area contributed by atoms with E-state index in [1.165, 1.54) is 0 Å². The third-order valence-electron chi connectivity index (χ3n) is 5.91. The van der Waals surface area contributed by atoms with Gasteiger partial charge >= 0.3 is 12.0 Å². The van der Waals surface area contributed by atoms with Gasteiger partial charge in [0.15, 0.2) is 0 Å². The molecule has 5 nitrogen and oxygen atoms in total. The van der Waals surface area contributed by atoms with Gasteiger partial charge in [-0.3, -0.25) is 0 Å². The van der Waals surface area contributed by atoms with Crippen LogP contribution in [0.25, 0.3) is 0 Å². The molecule has 0 aromatic heterocycles. The first kappa shape index (κ1) is 16.1. The summed E-state index contributed by atoms with van der Waals surface area (Å²) in [6, 6.07) is -0.0690. The topological polar surface area (TPSA) is 60.9 Å². The van der Waals surface area contributed by atoms with E-state index in [0.717, 1.165) is 38.8 Å². The van der Waals surface area contributed by atoms with E-state index >= 15 is 0 Å². The quantitative estimate of drug-likeness (QED) is 0.867. The predicted molar refractivity (Wildman–Crippen MR) is 81.2 cm³/mol. The zero-order valence-corrected chi connectivity index (χ0v) is 13.5. The highest BCUT2D eigenvalue weighted by Gasteiger charge is 2.51. The summed E-state index contributed by atoms with van der Waals surface area (Å²) in [4.78, 5) is 28.0. The molecule has 2 aliphatic heterocycles. The molecule has 2 saturated heterocycles. The van der Waals surface area contributed by atoms with E-state index in [9.17, 15) is 14.7 Å². The molecule has 0 bridgehead atoms. The van der Waals surface area contributed by atoms with Crippen LogP contribution in [0.1, 0.15) is 59.3 Å². The number of carbonyl (C=O) groups is 2. The number of amides is 2. The van der Waals surface area contributed by atoms with Crippen LogP contribution in [0.4, 0.5) is 4.79 Å². The van der Waals surface area contributed by atoms with Crippen molar-refractivity contribution in [2.45, 2.75) is 64.8 Å². The Labute approximate surface area is 127 Å². The number of rotatable bonds is 4. The SMILES string of the molecule is CCC1(CC)CCN(C(=O)N2CCCC2(CC)C(=O)O)C1. The van der Waals surface area contributed by atoms with Crippen LogP contribution in [-0.2, 0) is 4.79 Å². The normalized spacial score (nSPS) is 28.1. The van der Waals surface area contributed by atoms with Gasteiger partial charge in [-0.1, -0.05) is 20.8 Å². The van der Waals surface area contributed by atoms with E-state index < -0.39 is 11.5 Å². The Morgan fingerprint density at radius 2 is 1.71 bits per heavy atom. The number of nitrogens with zero attached hydrogens (tertiary/aromatic N) is 2. The molecule has 2 fully saturated rings. The lowest BCUT2D eigenvalue weighted by Crippen LogP contribution is -2.56. The van der Waals surface area contributed by atoms with Gasteiger partial charge in [0.1, 0.15) is 5.54 Å². The summed E-state index contributed by atoms with van der Waals surface area (Å²) in [6.45, 7) is 8.33. The van der Waals surface area contributed by atoms with E-state index in [-0.39, 0.29) is 11.4 Å². The van der Waals surface area contributed by atoms with E-state index in [1.807, 2.05) is 11.8 Å². The van der Waals surface area contributed by atoms with Crippen molar-refractivity contribution in [3.63, 3.8) is 0 Å². The molecule has 5 heteroatoms. The van der Waals surface area contributed by atoms with Gasteiger partial charge in [0.05, 0.1) is 0 Å². The lowest BCUT2D eigenvalue weighted by atomic mass is 9.82. The zero-order valence-electron chi connectivity index (χ0n) is 13.5. The van der Waals surface area contributed by atoms with Crippen molar-refractivity contribution in [3.8, 4) is 0 Å². The molecule has 0 aromatic carbocycles. The van der Waals surface area contributed by atoms with Crippen molar-refractivity contribution in [1.82, 2.24) is 9.80 Å². The van der Waals surface area contributed by atoms with Gasteiger partial charge in [-0.15, -0.1) is 0 Å². The van der Waals surface area contributed by atoms with Crippen molar-refractivity contribution in [3.05, 3.63) is 0 Å². The number of carbonyl (C=O) groups excluding carboxylic acids is 1. The fourth-order valence-electron chi connectivity index (χ4n) is 3.99. The maximum atomic E-state index is 12.8. The molecular formula is C16H28N2O3. The van der Waals surface area contributed by atoms with Crippen LogP contribution in [0.2, 0.25) is 0 Å². The van der Waals surface area contributed by atoms with E-state index in [4.69, 9.17) is 0 Å². The Morgan fingerprint density at radius 1 is 1.05 bits per heavy atom. The van der Waals surface area contributed by atoms with E-state index in [2.05, 4.69) is 13.8 Å². The van der Waals surface area contributed by atoms with Crippen LogP contribution in [-0.4, -0.2) is 52.1 Å². The summed E-state index contributed by atoms with van der Waals surface area (Å²) < 4.78 is 0. The first-order valence-corrected chi connectivity index (χ1v) is 8.24. The molecule has 0 radical (unpaired) electrons. The maximum Gasteiger partial charge on any atom is 0.329 e. The number of likely N-dealkylation sites (tertiary alicyclic amines) is 2. The average molecular weight is 296 g/mol. The van der Waals surface area contributed by atoms with Crippen molar-refractivity contribution < 1.29 is 14.7 Å². The van der Waals surface area contributed by atoms with Crippen LogP contribution in [0, 0.1) is 5.41 Å². The fourth-order valence-corrected chi connectivity index (χ4v) is 3.99. The maximum absolute atomic E-state index is 12.8. The molecule has 2 rings (SSSR count). The van der Waals surface area contributed by atoms with Crippen LogP contribution in [0.5, 0.6) is 0 Å². The Hall–Kier alpha value is -1.26. The molecule has 0 aromatic rings. The summed E-state index contributed by atoms with van der Waals surface area (Å²) >= 11 is 0. The van der Waals surface area contributed by atoms with Crippen LogP contribution >= 0.6 is 0 Å². The third-order valence-corrected chi connectivity index (χ3v) is 5.91. The Morgan fingerprint density at radius 3 is 2.19 bits per heavy atom. The van der Waals surface area contributed by atoms with E-state index in [0.29, 0.717) is 19.4 Å². The third kappa shape index (κ3) is 2.51. The molecule has 2 amide bonds. The molecule has 2 aliphatic rings. The number of carboxylic acid groups (broad SMARTS) is 1. The molecule has 1 atom stereocenters. The fraction of sp³-hybridized carbons (Fsp3) is 0.875. The number of carboxylic acids is 1. The summed E-state index contributed by atoms with van der Waals surface area (Å²) in [7, 11) is 0. The highest BCUT2D eigenvalue weighted by Crippen LogP contribution is 2.39. The molecule has 1 N–H and O–H groups in total. The highest BCUT2D eigenvalue weighted by molar-refractivity contribution is 5.87. The molecule has 0 saturated carbocycles. The first-order chi connectivity index (χ1) is 9.94. The largest absolute Gasteiger partial charge is 0.479 e. The second-order valence-electron chi connectivity index (χ2n) is 6.61. The minimum atomic E-state index is -0.985. The molecule has 21 heavy (non-hydrogen) atoms. The second-order valence-corrected chi connectivity index (χ2v) is 6.61. The average Bonchev–Trinajstić information content (AvgIpc) is 3.12. The van der Waals surface area contributed by atoms with E-state index in [1.54, 1.807) is 4.90 Å². The summed E-state index contributed by atoms with van der Waals surface area (Å²) in [6.07, 6.45) is 5.02. The number of aliphatic carboxylic acids is 1. The number of hydrogen-bond donors (Lipinski definition) is 1. The predicted octanol–water partition coefficient (Wildman–Crippen LogP) is 2.95. The molecule has 2 heterocycles. The van der Waals surface area contributed by atoms with Crippen molar-refractivity contribution in [2.75, 3.05) is 19.6 Å². The van der Waals surface area contributed by atoms with Crippen LogP contribution in [0.15, 0.2) is 0 Å². The Kier molecular flexibility index (Phi) is 4.49.